The number of ether oxygens (including phenoxy) is 1. The summed E-state index contributed by atoms with van der Waals surface area (Å²) in [4.78, 5) is 11.4. The first-order valence-corrected chi connectivity index (χ1v) is 6.69. The Balaban J connectivity index is 2.15. The van der Waals surface area contributed by atoms with E-state index in [1.807, 2.05) is 24.3 Å². The van der Waals surface area contributed by atoms with E-state index in [1.54, 1.807) is 0 Å². The zero-order valence-electron chi connectivity index (χ0n) is 10.9. The number of hydrogen-bond acceptors (Lipinski definition) is 2. The highest BCUT2D eigenvalue weighted by Crippen LogP contribution is 2.25. The van der Waals surface area contributed by atoms with E-state index in [0.29, 0.717) is 5.56 Å². The van der Waals surface area contributed by atoms with Crippen LogP contribution >= 0.6 is 0 Å². The second-order valence-electron chi connectivity index (χ2n) is 4.75. The zero-order valence-corrected chi connectivity index (χ0v) is 10.9. The smallest absolute Gasteiger partial charge is 0.337 e. The van der Waals surface area contributed by atoms with E-state index in [0.717, 1.165) is 6.42 Å². The molecule has 0 radical (unpaired) electrons. The molecule has 0 bridgehead atoms. The molecule has 0 unspecified atom stereocenters. The monoisotopic (exact) mass is 244 g/mol. The molecule has 1 aliphatic carbocycles. The van der Waals surface area contributed by atoms with Crippen molar-refractivity contribution in [2.75, 3.05) is 7.11 Å². The van der Waals surface area contributed by atoms with Gasteiger partial charge in [0, 0.05) is 0 Å². The summed E-state index contributed by atoms with van der Waals surface area (Å²) >= 11 is 0. The Morgan fingerprint density at radius 3 is 2.50 bits per heavy atom. The van der Waals surface area contributed by atoms with Crippen LogP contribution in [0.5, 0.6) is 0 Å². The molecule has 96 valence electrons. The lowest BCUT2D eigenvalue weighted by Crippen LogP contribution is -2.01. The number of esters is 1. The van der Waals surface area contributed by atoms with Crippen LogP contribution in [0.2, 0.25) is 0 Å². The number of rotatable bonds is 2. The predicted molar refractivity (Wildman–Crippen MR) is 73.5 cm³/mol. The summed E-state index contributed by atoms with van der Waals surface area (Å²) in [5.74, 6) is -0.270. The van der Waals surface area contributed by atoms with Gasteiger partial charge in [0.05, 0.1) is 12.7 Å². The van der Waals surface area contributed by atoms with E-state index in [9.17, 15) is 4.79 Å². The Bertz CT molecular complexity index is 429. The summed E-state index contributed by atoms with van der Waals surface area (Å²) in [6.07, 6.45) is 9.93. The minimum absolute atomic E-state index is 0.270. The van der Waals surface area contributed by atoms with Crippen LogP contribution in [-0.4, -0.2) is 13.1 Å². The van der Waals surface area contributed by atoms with E-state index in [1.165, 1.54) is 50.4 Å². The van der Waals surface area contributed by atoms with Gasteiger partial charge < -0.3 is 4.74 Å². The van der Waals surface area contributed by atoms with Gasteiger partial charge in [0.25, 0.3) is 0 Å². The van der Waals surface area contributed by atoms with Gasteiger partial charge in [-0.05, 0) is 49.0 Å². The third-order valence-electron chi connectivity index (χ3n) is 3.47. The number of allylic oxidation sites excluding steroid dienone is 2. The van der Waals surface area contributed by atoms with Gasteiger partial charge in [0.2, 0.25) is 0 Å². The number of carbonyl (C=O) groups is 1. The van der Waals surface area contributed by atoms with Gasteiger partial charge in [-0.25, -0.2) is 4.79 Å². The largest absolute Gasteiger partial charge is 0.465 e. The summed E-state index contributed by atoms with van der Waals surface area (Å²) in [5, 5.41) is 0. The molecular weight excluding hydrogens is 224 g/mol. The maximum absolute atomic E-state index is 11.4. The van der Waals surface area contributed by atoms with Gasteiger partial charge in [-0.2, -0.15) is 0 Å². The topological polar surface area (TPSA) is 26.3 Å². The highest BCUT2D eigenvalue weighted by Gasteiger charge is 2.07. The number of carbonyl (C=O) groups excluding carboxylic acids is 1. The molecule has 18 heavy (non-hydrogen) atoms. The maximum Gasteiger partial charge on any atom is 0.337 e. The molecule has 2 rings (SSSR count). The van der Waals surface area contributed by atoms with Crippen LogP contribution in [0.3, 0.4) is 0 Å². The lowest BCUT2D eigenvalue weighted by Gasteiger charge is -2.12. The molecule has 0 fully saturated rings. The Morgan fingerprint density at radius 1 is 1.06 bits per heavy atom. The summed E-state index contributed by atoms with van der Waals surface area (Å²) in [6, 6.07) is 7.75. The average molecular weight is 244 g/mol. The van der Waals surface area contributed by atoms with Crippen LogP contribution < -0.4 is 0 Å². The van der Waals surface area contributed by atoms with Gasteiger partial charge in [-0.15, -0.1) is 0 Å². The van der Waals surface area contributed by atoms with Crippen LogP contribution in [0.15, 0.2) is 30.3 Å². The molecule has 2 nitrogen and oxygen atoms in total. The normalized spacial score (nSPS) is 16.4. The maximum atomic E-state index is 11.4. The fraction of sp³-hybridized carbons (Fsp3) is 0.438. The molecule has 1 aromatic carbocycles. The van der Waals surface area contributed by atoms with Crippen molar-refractivity contribution >= 4 is 11.5 Å². The van der Waals surface area contributed by atoms with E-state index in [4.69, 9.17) is 4.74 Å². The zero-order chi connectivity index (χ0) is 12.8. The van der Waals surface area contributed by atoms with E-state index >= 15 is 0 Å². The van der Waals surface area contributed by atoms with Crippen LogP contribution in [0.4, 0.5) is 0 Å². The third kappa shape index (κ3) is 3.22. The summed E-state index contributed by atoms with van der Waals surface area (Å²) in [6.45, 7) is 0. The summed E-state index contributed by atoms with van der Waals surface area (Å²) in [7, 11) is 1.41. The van der Waals surface area contributed by atoms with Crippen LogP contribution in [-0.2, 0) is 4.74 Å². The van der Waals surface area contributed by atoms with Crippen molar-refractivity contribution in [2.24, 2.45) is 0 Å². The van der Waals surface area contributed by atoms with Crippen molar-refractivity contribution in [3.63, 3.8) is 0 Å². The van der Waals surface area contributed by atoms with Gasteiger partial charge in [0.15, 0.2) is 0 Å². The average Bonchev–Trinajstić information content (AvgIpc) is 2.38. The first-order valence-electron chi connectivity index (χ1n) is 6.69. The minimum Gasteiger partial charge on any atom is -0.465 e. The van der Waals surface area contributed by atoms with Crippen molar-refractivity contribution in [2.45, 2.75) is 38.5 Å². The van der Waals surface area contributed by atoms with Crippen molar-refractivity contribution in [1.29, 1.82) is 0 Å². The molecule has 0 heterocycles. The minimum atomic E-state index is -0.270. The third-order valence-corrected chi connectivity index (χ3v) is 3.47. The quantitative estimate of drug-likeness (QED) is 0.728. The van der Waals surface area contributed by atoms with Gasteiger partial charge >= 0.3 is 5.97 Å². The van der Waals surface area contributed by atoms with Crippen molar-refractivity contribution < 1.29 is 9.53 Å². The van der Waals surface area contributed by atoms with Crippen LogP contribution in [0.1, 0.15) is 54.4 Å². The highest BCUT2D eigenvalue weighted by atomic mass is 16.5. The van der Waals surface area contributed by atoms with Crippen LogP contribution in [0.25, 0.3) is 5.57 Å². The Hall–Kier alpha value is -1.57. The molecule has 1 aromatic rings. The van der Waals surface area contributed by atoms with E-state index in [-0.39, 0.29) is 5.97 Å². The lowest BCUT2D eigenvalue weighted by atomic mass is 9.94. The molecular formula is C16H20O2. The molecule has 0 N–H and O–H groups in total. The molecule has 0 atom stereocenters. The SMILES string of the molecule is COC(=O)c1ccc(C2=CCCCCCC2)cc1. The van der Waals surface area contributed by atoms with E-state index < -0.39 is 0 Å². The predicted octanol–water partition coefficient (Wildman–Crippen LogP) is 4.21. The fourth-order valence-electron chi connectivity index (χ4n) is 2.39. The second kappa shape index (κ2) is 6.39. The number of benzene rings is 1. The van der Waals surface area contributed by atoms with Gasteiger partial charge in [-0.1, -0.05) is 31.1 Å². The van der Waals surface area contributed by atoms with Crippen molar-refractivity contribution in [1.82, 2.24) is 0 Å². The fourth-order valence-corrected chi connectivity index (χ4v) is 2.39. The first kappa shape index (κ1) is 12.9. The summed E-state index contributed by atoms with van der Waals surface area (Å²) in [5.41, 5.74) is 3.28. The Kier molecular flexibility index (Phi) is 4.57. The first-order chi connectivity index (χ1) is 8.81. The standard InChI is InChI=1S/C16H20O2/c1-18-16(17)15-11-9-14(10-12-15)13-7-5-3-2-4-6-8-13/h7,9-12H,2-6,8H2,1H3. The molecule has 0 aliphatic heterocycles. The molecule has 1 aliphatic rings. The lowest BCUT2D eigenvalue weighted by molar-refractivity contribution is 0.0601. The number of methoxy groups -OCH3 is 1. The van der Waals surface area contributed by atoms with Crippen molar-refractivity contribution in [3.05, 3.63) is 41.5 Å². The second-order valence-corrected chi connectivity index (χ2v) is 4.75. The molecule has 0 spiro atoms. The van der Waals surface area contributed by atoms with E-state index in [2.05, 4.69) is 6.08 Å². The number of hydrogen-bond donors (Lipinski definition) is 0. The van der Waals surface area contributed by atoms with Gasteiger partial charge in [0.1, 0.15) is 0 Å². The molecule has 0 aromatic heterocycles. The Morgan fingerprint density at radius 2 is 1.78 bits per heavy atom. The van der Waals surface area contributed by atoms with Gasteiger partial charge in [-0.3, -0.25) is 0 Å². The van der Waals surface area contributed by atoms with Crippen LogP contribution in [0, 0.1) is 0 Å². The highest BCUT2D eigenvalue weighted by molar-refractivity contribution is 5.89. The van der Waals surface area contributed by atoms with Crippen molar-refractivity contribution in [3.8, 4) is 0 Å². The Labute approximate surface area is 109 Å². The molecule has 0 saturated heterocycles. The molecule has 0 amide bonds. The summed E-state index contributed by atoms with van der Waals surface area (Å²) < 4.78 is 4.70. The molecule has 2 heteroatoms. The molecule has 0 saturated carbocycles.